The number of aromatic hydroxyl groups is 3. The number of nitrogens with zero attached hydrogens (tertiary/aromatic N) is 3. The van der Waals surface area contributed by atoms with Crippen LogP contribution in [-0.2, 0) is 0 Å². The van der Waals surface area contributed by atoms with Gasteiger partial charge in [0, 0.05) is 18.2 Å². The van der Waals surface area contributed by atoms with E-state index in [-0.39, 0.29) is 39.8 Å². The summed E-state index contributed by atoms with van der Waals surface area (Å²) in [6.45, 7) is 2.27. The highest BCUT2D eigenvalue weighted by Gasteiger charge is 2.17. The summed E-state index contributed by atoms with van der Waals surface area (Å²) in [6, 6.07) is 22.7. The maximum atomic E-state index is 13.4. The van der Waals surface area contributed by atoms with Crippen LogP contribution in [-0.4, -0.2) is 54.8 Å². The lowest BCUT2D eigenvalue weighted by Crippen LogP contribution is -2.21. The Bertz CT molecular complexity index is 2760. The zero-order valence-corrected chi connectivity index (χ0v) is 33.7. The molecule has 0 atom stereocenters. The highest BCUT2D eigenvalue weighted by Crippen LogP contribution is 2.31. The fraction of sp³-hybridized carbons (Fsp3) is 0.0488. The topological polar surface area (TPSA) is 323 Å². The molecule has 6 aromatic rings. The average Bonchev–Trinajstić information content (AvgIpc) is 3.26. The van der Waals surface area contributed by atoms with E-state index in [0.29, 0.717) is 18.0 Å². The number of carbonyl (C=O) groups excluding carboxylic acids is 3. The molecule has 0 aliphatic carbocycles. The number of amides is 6. The van der Waals surface area contributed by atoms with Crippen molar-refractivity contribution in [3.63, 3.8) is 0 Å². The highest BCUT2D eigenvalue weighted by molar-refractivity contribution is 6.02. The van der Waals surface area contributed by atoms with Crippen LogP contribution in [0.5, 0.6) is 23.0 Å². The monoisotopic (exact) mass is 917 g/mol. The number of benzene rings is 6. The quantitative estimate of drug-likeness (QED) is 0.0332. The molecule has 9 N–H and O–H groups in total. The van der Waals surface area contributed by atoms with Crippen LogP contribution in [0.2, 0.25) is 0 Å². The number of nitro groups is 3. The van der Waals surface area contributed by atoms with E-state index in [1.54, 1.807) is 30.3 Å². The molecule has 0 bridgehead atoms. The van der Waals surface area contributed by atoms with E-state index in [1.165, 1.54) is 36.4 Å². The van der Waals surface area contributed by atoms with Gasteiger partial charge in [-0.15, -0.1) is 0 Å². The fourth-order valence-corrected chi connectivity index (χ4v) is 5.07. The number of phenols is 3. The van der Waals surface area contributed by atoms with Crippen molar-refractivity contribution in [3.05, 3.63) is 169 Å². The number of carbonyl (C=O) groups is 3. The molecule has 0 unspecified atom stereocenters. The van der Waals surface area contributed by atoms with Crippen molar-refractivity contribution >= 4 is 69.3 Å². The van der Waals surface area contributed by atoms with Gasteiger partial charge in [-0.2, -0.15) is 0 Å². The summed E-state index contributed by atoms with van der Waals surface area (Å²) < 4.78 is 45.5. The highest BCUT2D eigenvalue weighted by atomic mass is 19.1. The molecule has 0 aliphatic heterocycles. The smallest absolute Gasteiger partial charge is 0.323 e. The van der Waals surface area contributed by atoms with Crippen LogP contribution in [0.1, 0.15) is 6.92 Å². The van der Waals surface area contributed by atoms with E-state index < -0.39 is 73.3 Å². The van der Waals surface area contributed by atoms with E-state index in [9.17, 15) is 73.2 Å². The molecule has 0 spiro atoms. The van der Waals surface area contributed by atoms with E-state index in [2.05, 4.69) is 26.6 Å². The first-order valence-corrected chi connectivity index (χ1v) is 18.4. The largest absolute Gasteiger partial charge is 0.506 e. The van der Waals surface area contributed by atoms with E-state index in [0.717, 1.165) is 54.6 Å². The Morgan fingerprint density at radius 1 is 0.485 bits per heavy atom. The first-order valence-electron chi connectivity index (χ1n) is 18.4. The Hall–Kier alpha value is -9.68. The molecule has 6 rings (SSSR count). The van der Waals surface area contributed by atoms with Gasteiger partial charge < -0.3 is 52.0 Å². The summed E-state index contributed by atoms with van der Waals surface area (Å²) in [4.78, 5) is 64.9. The molecule has 0 aromatic heterocycles. The Morgan fingerprint density at radius 2 is 0.833 bits per heavy atom. The van der Waals surface area contributed by atoms with Gasteiger partial charge in [0.25, 0.3) is 17.1 Å². The standard InChI is InChI=1S/C15H15N3O5.C13H9F2N3O4.C13H10FN3O4/c1-2-23-14-6-4-3-5-12(14)17-15(20)16-11-8-7-10(18(21)22)9-13(11)19;14-8-2-1-3-9(15)12(8)17-13(20)16-10-5-4-7(18(21)22)6-11(10)19;14-9-3-1-2-4-10(9)15-13(19)16-11-6-5-8(17(20)21)7-12(11)18/h3-9,19H,2H2,1H3,(H2,16,17,20);1-6,19H,(H2,16,17,20);1-7,18H,(H2,15,16,19). The van der Waals surface area contributed by atoms with E-state index in [4.69, 9.17) is 4.74 Å². The summed E-state index contributed by atoms with van der Waals surface area (Å²) in [5.74, 6) is -3.46. The number of anilines is 6. The van der Waals surface area contributed by atoms with Crippen LogP contribution in [0.3, 0.4) is 0 Å². The maximum Gasteiger partial charge on any atom is 0.323 e. The summed E-state index contributed by atoms with van der Waals surface area (Å²) in [7, 11) is 0. The molecule has 6 aromatic carbocycles. The van der Waals surface area contributed by atoms with Crippen molar-refractivity contribution in [1.82, 2.24) is 0 Å². The molecule has 25 heteroatoms. The van der Waals surface area contributed by atoms with Crippen LogP contribution in [0.4, 0.5) is 78.7 Å². The third-order valence-electron chi connectivity index (χ3n) is 8.08. The van der Waals surface area contributed by atoms with Gasteiger partial charge in [0.2, 0.25) is 0 Å². The average molecular weight is 918 g/mol. The number of hydrogen-bond donors (Lipinski definition) is 9. The molecule has 342 valence electrons. The molecule has 66 heavy (non-hydrogen) atoms. The minimum atomic E-state index is -1.02. The van der Waals surface area contributed by atoms with Crippen LogP contribution in [0, 0.1) is 47.8 Å². The van der Waals surface area contributed by atoms with Crippen molar-refractivity contribution in [3.8, 4) is 23.0 Å². The summed E-state index contributed by atoms with van der Waals surface area (Å²) in [5.41, 5.74) is -1.30. The number of nitrogens with one attached hydrogen (secondary N) is 6. The molecular weight excluding hydrogens is 883 g/mol. The van der Waals surface area contributed by atoms with Crippen LogP contribution in [0.15, 0.2) is 121 Å². The summed E-state index contributed by atoms with van der Waals surface area (Å²) in [5, 5.41) is 74.1. The predicted molar refractivity (Wildman–Crippen MR) is 233 cm³/mol. The number of hydrogen-bond acceptors (Lipinski definition) is 13. The van der Waals surface area contributed by atoms with Gasteiger partial charge in [-0.25, -0.2) is 27.6 Å². The van der Waals surface area contributed by atoms with Crippen LogP contribution < -0.4 is 36.6 Å². The molecule has 0 fully saturated rings. The zero-order valence-electron chi connectivity index (χ0n) is 33.7. The van der Waals surface area contributed by atoms with Crippen LogP contribution in [0.25, 0.3) is 0 Å². The van der Waals surface area contributed by atoms with Crippen molar-refractivity contribution in [2.75, 3.05) is 38.5 Å². The van der Waals surface area contributed by atoms with Gasteiger partial charge in [0.05, 0.1) is 68.0 Å². The number of rotatable bonds is 11. The molecule has 0 aliphatic rings. The van der Waals surface area contributed by atoms with Crippen LogP contribution >= 0.6 is 0 Å². The van der Waals surface area contributed by atoms with Gasteiger partial charge in [-0.1, -0.05) is 30.3 Å². The van der Waals surface area contributed by atoms with Gasteiger partial charge in [0.1, 0.15) is 46.1 Å². The Labute approximate surface area is 368 Å². The second-order valence-corrected chi connectivity index (χ2v) is 12.6. The Kier molecular flexibility index (Phi) is 17.0. The molecule has 0 saturated heterocycles. The second-order valence-electron chi connectivity index (χ2n) is 12.6. The molecule has 0 radical (unpaired) electrons. The SMILES string of the molecule is CCOc1ccccc1NC(=O)Nc1ccc([N+](=O)[O-])cc1O.O=C(Nc1ccc([N+](=O)[O-])cc1O)Nc1c(F)cccc1F.O=C(Nc1ccc([N+](=O)[O-])cc1O)Nc1ccccc1F. The minimum Gasteiger partial charge on any atom is -0.506 e. The normalized spacial score (nSPS) is 10.0. The van der Waals surface area contributed by atoms with Gasteiger partial charge in [-0.05, 0) is 61.5 Å². The number of non-ortho nitro benzene ring substituents is 3. The first kappa shape index (κ1) is 49.0. The maximum absolute atomic E-state index is 13.4. The summed E-state index contributed by atoms with van der Waals surface area (Å²) >= 11 is 0. The number of halogens is 3. The van der Waals surface area contributed by atoms with Crippen molar-refractivity contribution in [2.45, 2.75) is 6.92 Å². The number of para-hydroxylation sites is 4. The number of ether oxygens (including phenoxy) is 1. The first-order chi connectivity index (χ1) is 31.4. The number of nitro benzene ring substituents is 3. The molecule has 6 amide bonds. The third-order valence-corrected chi connectivity index (χ3v) is 8.08. The van der Waals surface area contributed by atoms with E-state index >= 15 is 0 Å². The second kappa shape index (κ2) is 23.0. The molecular formula is C41H34F3N9O13. The minimum absolute atomic E-state index is 0.0311. The summed E-state index contributed by atoms with van der Waals surface area (Å²) in [6.07, 6.45) is 0. The molecule has 22 nitrogen and oxygen atoms in total. The van der Waals surface area contributed by atoms with Crippen molar-refractivity contribution < 1.29 is 62.4 Å². The third kappa shape index (κ3) is 14.2. The lowest BCUT2D eigenvalue weighted by Gasteiger charge is -2.12. The lowest BCUT2D eigenvalue weighted by molar-refractivity contribution is -0.385. The van der Waals surface area contributed by atoms with Gasteiger partial charge in [-0.3, -0.25) is 30.3 Å². The predicted octanol–water partition coefficient (Wildman–Crippen LogP) is 9.65. The fourth-order valence-electron chi connectivity index (χ4n) is 5.07. The van der Waals surface area contributed by atoms with Crippen molar-refractivity contribution in [2.24, 2.45) is 0 Å². The number of urea groups is 3. The zero-order chi connectivity index (χ0) is 48.5. The Balaban J connectivity index is 0.000000217. The van der Waals surface area contributed by atoms with Crippen molar-refractivity contribution in [1.29, 1.82) is 0 Å². The molecule has 0 heterocycles. The lowest BCUT2D eigenvalue weighted by atomic mass is 10.2. The number of phenolic OH excluding ortho intramolecular Hbond substituents is 3. The van der Waals surface area contributed by atoms with E-state index in [1.807, 2.05) is 12.2 Å². The Morgan fingerprint density at radius 3 is 1.23 bits per heavy atom. The van der Waals surface area contributed by atoms with Gasteiger partial charge in [0.15, 0.2) is 0 Å². The van der Waals surface area contributed by atoms with Gasteiger partial charge >= 0.3 is 18.1 Å². The molecule has 0 saturated carbocycles.